The Morgan fingerprint density at radius 1 is 0.667 bits per heavy atom. The van der Waals surface area contributed by atoms with Gasteiger partial charge in [0.2, 0.25) is 21.8 Å². The summed E-state index contributed by atoms with van der Waals surface area (Å²) < 4.78 is 26.5. The number of fused-ring (bicyclic) bond motifs is 4. The first kappa shape index (κ1) is 46.6. The van der Waals surface area contributed by atoms with Crippen molar-refractivity contribution in [3.05, 3.63) is 56.6 Å². The molecule has 2 aromatic carbocycles. The fraction of sp³-hybridized carbons (Fsp3) is 0.571. The minimum atomic E-state index is -3.79. The third-order valence-electron chi connectivity index (χ3n) is 10.3. The molecule has 14 nitrogen and oxygen atoms in total. The average molecular weight is 823 g/mol. The van der Waals surface area contributed by atoms with Gasteiger partial charge in [-0.15, -0.1) is 0 Å². The molecule has 2 aromatic rings. The highest BCUT2D eigenvalue weighted by atomic mass is 32.2. The Balaban J connectivity index is -0.000000430. The quantitative estimate of drug-likeness (QED) is 0.114. The molecule has 0 saturated carbocycles. The predicted molar refractivity (Wildman–Crippen MR) is 236 cm³/mol. The normalized spacial score (nSPS) is 13.9. The summed E-state index contributed by atoms with van der Waals surface area (Å²) in [6, 6.07) is 3.82. The SMILES string of the molecule is C=O.CCCNC(=O)CCC=O.CCCNC(=O)CCCS(=O)(=O)NC(=O)Nc1c2c(cc3c1CCC3)CCC2.CNC(=O)Nc1c2c(cc3c1CCC3)CCC2.[HH].[HH].[HH].[HH].[HH].[HH]. The zero-order valence-electron chi connectivity index (χ0n) is 34.0. The van der Waals surface area contributed by atoms with Crippen LogP contribution in [0, 0.1) is 0 Å². The van der Waals surface area contributed by atoms with Crippen molar-refractivity contribution in [2.75, 3.05) is 36.5 Å². The smallest absolute Gasteiger partial charge is 0.332 e. The van der Waals surface area contributed by atoms with Crippen LogP contribution in [0.2, 0.25) is 0 Å². The number of aldehydes is 1. The van der Waals surface area contributed by atoms with Crippen molar-refractivity contribution >= 4 is 58.3 Å². The first-order chi connectivity index (χ1) is 27.5. The van der Waals surface area contributed by atoms with Gasteiger partial charge in [-0.3, -0.25) is 9.59 Å². The molecule has 0 fully saturated rings. The number of sulfonamides is 1. The molecule has 6 rings (SSSR count). The van der Waals surface area contributed by atoms with E-state index in [2.05, 4.69) is 43.4 Å². The number of anilines is 2. The maximum atomic E-state index is 12.4. The van der Waals surface area contributed by atoms with E-state index in [9.17, 15) is 32.4 Å². The van der Waals surface area contributed by atoms with Gasteiger partial charge >= 0.3 is 12.1 Å². The van der Waals surface area contributed by atoms with E-state index >= 15 is 0 Å². The van der Waals surface area contributed by atoms with Crippen molar-refractivity contribution in [2.45, 2.75) is 129 Å². The molecular formula is C42H74N6O8S. The lowest BCUT2D eigenvalue weighted by atomic mass is 9.99. The van der Waals surface area contributed by atoms with Crippen LogP contribution < -0.4 is 31.3 Å². The zero-order chi connectivity index (χ0) is 41.8. The van der Waals surface area contributed by atoms with Crippen LogP contribution in [0.15, 0.2) is 12.1 Å². The summed E-state index contributed by atoms with van der Waals surface area (Å²) in [5.74, 6) is -0.462. The van der Waals surface area contributed by atoms with Crippen LogP contribution in [0.3, 0.4) is 0 Å². The van der Waals surface area contributed by atoms with E-state index in [0.717, 1.165) is 93.0 Å². The van der Waals surface area contributed by atoms with Gasteiger partial charge in [0.1, 0.15) is 13.1 Å². The average Bonchev–Trinajstić information content (AvgIpc) is 4.04. The summed E-state index contributed by atoms with van der Waals surface area (Å²) in [4.78, 5) is 64.0. The Hall–Kier alpha value is -4.79. The number of carbonyl (C=O) groups is 6. The van der Waals surface area contributed by atoms with Gasteiger partial charge in [0, 0.05) is 59.3 Å². The van der Waals surface area contributed by atoms with Gasteiger partial charge in [-0.2, -0.15) is 0 Å². The van der Waals surface area contributed by atoms with Gasteiger partial charge in [0.15, 0.2) is 0 Å². The van der Waals surface area contributed by atoms with Crippen LogP contribution in [0.1, 0.15) is 131 Å². The second-order valence-corrected chi connectivity index (χ2v) is 16.4. The van der Waals surface area contributed by atoms with E-state index in [4.69, 9.17) is 4.79 Å². The van der Waals surface area contributed by atoms with Gasteiger partial charge in [-0.25, -0.2) is 22.7 Å². The monoisotopic (exact) mass is 823 g/mol. The number of aryl methyl sites for hydroxylation is 4. The Kier molecular flexibility index (Phi) is 19.7. The lowest BCUT2D eigenvalue weighted by Crippen LogP contribution is -2.36. The summed E-state index contributed by atoms with van der Waals surface area (Å²) in [6.45, 7) is 7.22. The Morgan fingerprint density at radius 2 is 1.07 bits per heavy atom. The highest BCUT2D eigenvalue weighted by Gasteiger charge is 2.27. The van der Waals surface area contributed by atoms with E-state index in [1.165, 1.54) is 59.1 Å². The summed E-state index contributed by atoms with van der Waals surface area (Å²) in [6.07, 6.45) is 16.5. The molecule has 0 unspecified atom stereocenters. The lowest BCUT2D eigenvalue weighted by molar-refractivity contribution is -0.122. The number of benzene rings is 2. The van der Waals surface area contributed by atoms with Crippen molar-refractivity contribution in [2.24, 2.45) is 0 Å². The maximum absolute atomic E-state index is 12.4. The van der Waals surface area contributed by atoms with Gasteiger partial charge in [0.05, 0.1) is 5.75 Å². The largest absolute Gasteiger partial charge is 0.356 e. The molecule has 4 aliphatic carbocycles. The van der Waals surface area contributed by atoms with Crippen LogP contribution >= 0.6 is 0 Å². The minimum Gasteiger partial charge on any atom is -0.356 e. The van der Waals surface area contributed by atoms with Crippen molar-refractivity contribution in [3.63, 3.8) is 0 Å². The minimum absolute atomic E-state index is 0. The van der Waals surface area contributed by atoms with Gasteiger partial charge < -0.3 is 36.2 Å². The van der Waals surface area contributed by atoms with Crippen LogP contribution in [0.5, 0.6) is 0 Å². The molecule has 0 bridgehead atoms. The fourth-order valence-electron chi connectivity index (χ4n) is 7.76. The molecule has 0 spiro atoms. The Morgan fingerprint density at radius 3 is 1.46 bits per heavy atom. The van der Waals surface area contributed by atoms with Gasteiger partial charge in [-0.05, 0) is 141 Å². The summed E-state index contributed by atoms with van der Waals surface area (Å²) in [7, 11) is -2.12. The highest BCUT2D eigenvalue weighted by molar-refractivity contribution is 7.90. The van der Waals surface area contributed by atoms with Crippen LogP contribution in [-0.2, 0) is 80.6 Å². The van der Waals surface area contributed by atoms with Gasteiger partial charge in [0.25, 0.3) is 0 Å². The van der Waals surface area contributed by atoms with Gasteiger partial charge in [-0.1, -0.05) is 26.0 Å². The van der Waals surface area contributed by atoms with Crippen molar-refractivity contribution in [1.29, 1.82) is 0 Å². The molecule has 6 N–H and O–H groups in total. The second kappa shape index (κ2) is 24.1. The standard InChI is InChI=1S/C20H29N3O4S.C14H18N2O.C7H13NO2.CH2O.6H2/c1-2-11-21-18(24)10-5-12-28(26,27)23-20(25)22-19-16-8-3-6-14(16)13-15-7-4-9-17(15)19;1-15-14(17)16-13-11-6-2-4-9(11)8-10-5-3-7-12(10)13;1-2-5-8-7(10)4-3-6-9;1-2;;;;;;/h13H,2-12H2,1H3,(H,21,24)(H2,22,23,25);8H,2-7H2,1H3,(H2,15,16,17);6H,2-5H2,1H3,(H,8,10);1H2;6*1H. The summed E-state index contributed by atoms with van der Waals surface area (Å²) in [5, 5.41) is 13.9. The number of rotatable bonds is 14. The Bertz CT molecular complexity index is 1800. The van der Waals surface area contributed by atoms with Crippen LogP contribution in [-0.4, -0.2) is 71.3 Å². The number of carbonyl (C=O) groups excluding carboxylic acids is 6. The molecule has 4 aliphatic rings. The van der Waals surface area contributed by atoms with E-state index < -0.39 is 16.1 Å². The highest BCUT2D eigenvalue weighted by Crippen LogP contribution is 2.39. The summed E-state index contributed by atoms with van der Waals surface area (Å²) in [5.41, 5.74) is 12.5. The molecule has 57 heavy (non-hydrogen) atoms. The molecule has 0 aliphatic heterocycles. The first-order valence-corrected chi connectivity index (χ1v) is 22.0. The number of hydrogen-bond donors (Lipinski definition) is 6. The topological polar surface area (TPSA) is 209 Å². The third-order valence-corrected chi connectivity index (χ3v) is 11.7. The number of nitrogens with one attached hydrogen (secondary N) is 6. The lowest BCUT2D eigenvalue weighted by Gasteiger charge is -2.16. The first-order valence-electron chi connectivity index (χ1n) is 20.4. The molecule has 0 radical (unpaired) electrons. The van der Waals surface area contributed by atoms with Crippen molar-refractivity contribution < 1.29 is 45.7 Å². The molecule has 326 valence electrons. The number of hydrogen-bond acceptors (Lipinski definition) is 8. The summed E-state index contributed by atoms with van der Waals surface area (Å²) >= 11 is 0. The Labute approximate surface area is 346 Å². The molecular weight excluding hydrogens is 749 g/mol. The van der Waals surface area contributed by atoms with E-state index in [0.29, 0.717) is 25.9 Å². The van der Waals surface area contributed by atoms with Crippen LogP contribution in [0.25, 0.3) is 0 Å². The second-order valence-electron chi connectivity index (χ2n) is 14.6. The molecule has 0 saturated heterocycles. The van der Waals surface area contributed by atoms with Crippen molar-refractivity contribution in [3.8, 4) is 0 Å². The fourth-order valence-corrected chi connectivity index (χ4v) is 8.72. The molecule has 0 atom stereocenters. The predicted octanol–water partition coefficient (Wildman–Crippen LogP) is 6.62. The molecule has 6 amide bonds. The molecule has 0 heterocycles. The molecule has 15 heteroatoms. The third kappa shape index (κ3) is 14.3. The number of urea groups is 2. The zero-order valence-corrected chi connectivity index (χ0v) is 34.8. The van der Waals surface area contributed by atoms with E-state index in [-0.39, 0.29) is 45.0 Å². The van der Waals surface area contributed by atoms with E-state index in [1.54, 1.807) is 7.05 Å². The maximum Gasteiger partial charge on any atom is 0.332 e. The number of amides is 6. The van der Waals surface area contributed by atoms with Crippen LogP contribution in [0.4, 0.5) is 21.0 Å². The van der Waals surface area contributed by atoms with E-state index in [1.807, 2.05) is 20.6 Å². The van der Waals surface area contributed by atoms with Crippen molar-refractivity contribution in [1.82, 2.24) is 20.7 Å². The molecule has 0 aromatic heterocycles.